The van der Waals surface area contributed by atoms with Crippen molar-refractivity contribution in [3.63, 3.8) is 0 Å². The number of aliphatic carboxylic acids is 1. The maximum absolute atomic E-state index is 12.1. The Morgan fingerprint density at radius 1 is 1.39 bits per heavy atom. The zero-order valence-electron chi connectivity index (χ0n) is 12.2. The summed E-state index contributed by atoms with van der Waals surface area (Å²) >= 11 is 3.33. The molecule has 1 saturated carbocycles. The number of carboxylic acids is 1. The van der Waals surface area contributed by atoms with Gasteiger partial charge in [-0.05, 0) is 31.0 Å². The standard InChI is InChI=1S/C15H15BrN2O5/c16-9-1-2-10-11(5-9)23-7-13(20)18(10)6-12(19)17-8-15(3-4-15)14(21)22/h1-2,5H,3-4,6-8H2,(H,17,19)(H,21,22). The number of amides is 2. The molecule has 1 fully saturated rings. The molecule has 0 radical (unpaired) electrons. The fourth-order valence-electron chi connectivity index (χ4n) is 2.44. The van der Waals surface area contributed by atoms with Crippen molar-refractivity contribution in [2.24, 2.45) is 5.41 Å². The summed E-state index contributed by atoms with van der Waals surface area (Å²) in [7, 11) is 0. The lowest BCUT2D eigenvalue weighted by Gasteiger charge is -2.29. The van der Waals surface area contributed by atoms with E-state index in [1.165, 1.54) is 4.90 Å². The molecule has 23 heavy (non-hydrogen) atoms. The number of carbonyl (C=O) groups excluding carboxylic acids is 2. The van der Waals surface area contributed by atoms with Gasteiger partial charge in [-0.25, -0.2) is 0 Å². The van der Waals surface area contributed by atoms with Crippen LogP contribution in [0.5, 0.6) is 5.75 Å². The number of nitrogens with zero attached hydrogens (tertiary/aromatic N) is 1. The van der Waals surface area contributed by atoms with Crippen molar-refractivity contribution in [3.8, 4) is 5.75 Å². The van der Waals surface area contributed by atoms with Gasteiger partial charge in [0, 0.05) is 11.0 Å². The van der Waals surface area contributed by atoms with Crippen LogP contribution in [0.1, 0.15) is 12.8 Å². The molecular formula is C15H15BrN2O5. The van der Waals surface area contributed by atoms with Crippen LogP contribution in [0, 0.1) is 5.41 Å². The van der Waals surface area contributed by atoms with Gasteiger partial charge < -0.3 is 15.2 Å². The van der Waals surface area contributed by atoms with E-state index in [1.807, 2.05) is 0 Å². The largest absolute Gasteiger partial charge is 0.482 e. The monoisotopic (exact) mass is 382 g/mol. The predicted octanol–water partition coefficient (Wildman–Crippen LogP) is 1.16. The molecule has 1 aliphatic carbocycles. The molecule has 0 spiro atoms. The zero-order chi connectivity index (χ0) is 16.6. The van der Waals surface area contributed by atoms with E-state index in [9.17, 15) is 14.4 Å². The number of nitrogens with one attached hydrogen (secondary N) is 1. The van der Waals surface area contributed by atoms with Gasteiger partial charge in [-0.15, -0.1) is 0 Å². The Morgan fingerprint density at radius 3 is 2.78 bits per heavy atom. The first-order valence-electron chi connectivity index (χ1n) is 7.14. The average Bonchev–Trinajstić information content (AvgIpc) is 3.29. The lowest BCUT2D eigenvalue weighted by atomic mass is 10.1. The van der Waals surface area contributed by atoms with Crippen LogP contribution >= 0.6 is 15.9 Å². The van der Waals surface area contributed by atoms with Crippen LogP contribution in [0.25, 0.3) is 0 Å². The van der Waals surface area contributed by atoms with E-state index < -0.39 is 11.4 Å². The van der Waals surface area contributed by atoms with Crippen LogP contribution in [-0.2, 0) is 14.4 Å². The van der Waals surface area contributed by atoms with E-state index in [0.717, 1.165) is 4.47 Å². The molecule has 2 aliphatic rings. The van der Waals surface area contributed by atoms with Crippen LogP contribution in [0.4, 0.5) is 5.69 Å². The molecule has 8 heteroatoms. The summed E-state index contributed by atoms with van der Waals surface area (Å²) < 4.78 is 6.17. The van der Waals surface area contributed by atoms with Gasteiger partial charge in [-0.2, -0.15) is 0 Å². The number of hydrogen-bond acceptors (Lipinski definition) is 4. The van der Waals surface area contributed by atoms with Gasteiger partial charge in [0.05, 0.1) is 11.1 Å². The Bertz CT molecular complexity index is 686. The maximum Gasteiger partial charge on any atom is 0.311 e. The molecule has 7 nitrogen and oxygen atoms in total. The second kappa shape index (κ2) is 5.84. The molecule has 2 amide bonds. The number of anilines is 1. The van der Waals surface area contributed by atoms with E-state index in [1.54, 1.807) is 18.2 Å². The second-order valence-electron chi connectivity index (χ2n) is 5.74. The smallest absolute Gasteiger partial charge is 0.311 e. The molecule has 0 bridgehead atoms. The Labute approximate surface area is 140 Å². The van der Waals surface area contributed by atoms with Crippen molar-refractivity contribution < 1.29 is 24.2 Å². The third-order valence-electron chi connectivity index (χ3n) is 4.10. The summed E-state index contributed by atoms with van der Waals surface area (Å²) in [5.41, 5.74) is -0.299. The number of benzene rings is 1. The van der Waals surface area contributed by atoms with Crippen LogP contribution in [-0.4, -0.2) is 42.6 Å². The van der Waals surface area contributed by atoms with E-state index in [4.69, 9.17) is 9.84 Å². The van der Waals surface area contributed by atoms with Gasteiger partial charge in [0.2, 0.25) is 5.91 Å². The molecule has 0 unspecified atom stereocenters. The molecule has 122 valence electrons. The molecule has 0 saturated heterocycles. The molecule has 0 atom stereocenters. The first-order chi connectivity index (χ1) is 10.9. The molecule has 3 rings (SSSR count). The summed E-state index contributed by atoms with van der Waals surface area (Å²) in [6.07, 6.45) is 1.13. The number of rotatable bonds is 5. The minimum Gasteiger partial charge on any atom is -0.482 e. The minimum atomic E-state index is -0.893. The fraction of sp³-hybridized carbons (Fsp3) is 0.400. The van der Waals surface area contributed by atoms with Crippen molar-refractivity contribution in [2.45, 2.75) is 12.8 Å². The number of halogens is 1. The third kappa shape index (κ3) is 3.17. The van der Waals surface area contributed by atoms with Crippen molar-refractivity contribution >= 4 is 39.4 Å². The predicted molar refractivity (Wildman–Crippen MR) is 84.3 cm³/mol. The highest BCUT2D eigenvalue weighted by atomic mass is 79.9. The highest BCUT2D eigenvalue weighted by Crippen LogP contribution is 2.45. The van der Waals surface area contributed by atoms with Crippen LogP contribution in [0.2, 0.25) is 0 Å². The summed E-state index contributed by atoms with van der Waals surface area (Å²) in [4.78, 5) is 36.5. The number of hydrogen-bond donors (Lipinski definition) is 2. The maximum atomic E-state index is 12.1. The molecular weight excluding hydrogens is 368 g/mol. The molecule has 1 aromatic carbocycles. The zero-order valence-corrected chi connectivity index (χ0v) is 13.8. The van der Waals surface area contributed by atoms with Gasteiger partial charge in [-0.3, -0.25) is 19.3 Å². The van der Waals surface area contributed by atoms with Gasteiger partial charge in [0.25, 0.3) is 5.91 Å². The van der Waals surface area contributed by atoms with Crippen LogP contribution in [0.3, 0.4) is 0 Å². The Balaban J connectivity index is 1.66. The number of fused-ring (bicyclic) bond motifs is 1. The Morgan fingerprint density at radius 2 is 2.13 bits per heavy atom. The van der Waals surface area contributed by atoms with E-state index >= 15 is 0 Å². The molecule has 2 N–H and O–H groups in total. The van der Waals surface area contributed by atoms with E-state index in [0.29, 0.717) is 24.3 Å². The third-order valence-corrected chi connectivity index (χ3v) is 4.59. The van der Waals surface area contributed by atoms with Crippen LogP contribution in [0.15, 0.2) is 22.7 Å². The summed E-state index contributed by atoms with van der Waals surface area (Å²) in [6, 6.07) is 5.19. The number of ether oxygens (including phenoxy) is 1. The van der Waals surface area contributed by atoms with Gasteiger partial charge in [0.1, 0.15) is 12.3 Å². The lowest BCUT2D eigenvalue weighted by Crippen LogP contribution is -2.46. The highest BCUT2D eigenvalue weighted by Gasteiger charge is 2.50. The Kier molecular flexibility index (Phi) is 4.01. The molecule has 1 heterocycles. The molecule has 0 aromatic heterocycles. The van der Waals surface area contributed by atoms with Crippen molar-refractivity contribution in [1.82, 2.24) is 5.32 Å². The van der Waals surface area contributed by atoms with Crippen molar-refractivity contribution in [1.29, 1.82) is 0 Å². The van der Waals surface area contributed by atoms with E-state index in [2.05, 4.69) is 21.2 Å². The first-order valence-corrected chi connectivity index (χ1v) is 7.93. The normalized spacial score (nSPS) is 18.0. The summed E-state index contributed by atoms with van der Waals surface area (Å²) in [5.74, 6) is -1.07. The second-order valence-corrected chi connectivity index (χ2v) is 6.66. The van der Waals surface area contributed by atoms with Gasteiger partial charge in [0.15, 0.2) is 6.61 Å². The lowest BCUT2D eigenvalue weighted by molar-refractivity contribution is -0.143. The summed E-state index contributed by atoms with van der Waals surface area (Å²) in [6.45, 7) is -0.199. The Hall–Kier alpha value is -2.09. The topological polar surface area (TPSA) is 95.9 Å². The number of carbonyl (C=O) groups is 3. The quantitative estimate of drug-likeness (QED) is 0.796. The van der Waals surface area contributed by atoms with Crippen LogP contribution < -0.4 is 15.0 Å². The summed E-state index contributed by atoms with van der Waals surface area (Å²) in [5, 5.41) is 11.7. The van der Waals surface area contributed by atoms with Gasteiger partial charge in [-0.1, -0.05) is 15.9 Å². The minimum absolute atomic E-state index is 0.0902. The van der Waals surface area contributed by atoms with E-state index in [-0.39, 0.29) is 31.5 Å². The highest BCUT2D eigenvalue weighted by molar-refractivity contribution is 9.10. The first kappa shape index (κ1) is 15.8. The van der Waals surface area contributed by atoms with Crippen molar-refractivity contribution in [3.05, 3.63) is 22.7 Å². The van der Waals surface area contributed by atoms with Crippen molar-refractivity contribution in [2.75, 3.05) is 24.6 Å². The molecule has 1 aliphatic heterocycles. The fourth-order valence-corrected chi connectivity index (χ4v) is 2.78. The molecule has 1 aromatic rings. The average molecular weight is 383 g/mol. The number of carboxylic acid groups (broad SMARTS) is 1. The SMILES string of the molecule is O=C(CN1C(=O)COc2cc(Br)ccc21)NCC1(C(=O)O)CC1. The van der Waals surface area contributed by atoms with Gasteiger partial charge >= 0.3 is 5.97 Å².